The molecule has 0 saturated heterocycles. The van der Waals surface area contributed by atoms with E-state index in [-0.39, 0.29) is 30.1 Å². The van der Waals surface area contributed by atoms with E-state index >= 15 is 0 Å². The smallest absolute Gasteiger partial charge is 0.268 e. The Morgan fingerprint density at radius 2 is 2.11 bits per heavy atom. The highest BCUT2D eigenvalue weighted by atomic mass is 19.1. The van der Waals surface area contributed by atoms with Gasteiger partial charge in [-0.2, -0.15) is 0 Å². The summed E-state index contributed by atoms with van der Waals surface area (Å²) in [5, 5.41) is 0. The Kier molecular flexibility index (Phi) is 3.73. The molecule has 0 aromatic heterocycles. The van der Waals surface area contributed by atoms with Crippen molar-refractivity contribution in [1.29, 1.82) is 0 Å². The van der Waals surface area contributed by atoms with Crippen LogP contribution in [0.3, 0.4) is 0 Å². The van der Waals surface area contributed by atoms with Gasteiger partial charge in [0.05, 0.1) is 17.7 Å². The molecule has 0 radical (unpaired) electrons. The molecule has 6 heteroatoms. The number of amides is 1. The zero-order chi connectivity index (χ0) is 14.0. The van der Waals surface area contributed by atoms with E-state index in [2.05, 4.69) is 10.9 Å². The van der Waals surface area contributed by atoms with Crippen LogP contribution >= 0.6 is 0 Å². The summed E-state index contributed by atoms with van der Waals surface area (Å²) < 4.78 is 24.3. The summed E-state index contributed by atoms with van der Waals surface area (Å²) in [7, 11) is 0. The van der Waals surface area contributed by atoms with E-state index in [9.17, 15) is 9.18 Å². The average Bonchev–Trinajstić information content (AvgIpc) is 2.36. The van der Waals surface area contributed by atoms with Crippen LogP contribution in [0.4, 0.5) is 4.39 Å². The van der Waals surface area contributed by atoms with Crippen molar-refractivity contribution in [3.05, 3.63) is 29.1 Å². The lowest BCUT2D eigenvalue weighted by atomic mass is 10.1. The zero-order valence-electron chi connectivity index (χ0n) is 11.2. The predicted octanol–water partition coefficient (Wildman–Crippen LogP) is 1.73. The number of fused-ring (bicyclic) bond motifs is 1. The highest BCUT2D eigenvalue weighted by Gasteiger charge is 2.22. The minimum absolute atomic E-state index is 0.0374. The molecule has 1 amide bonds. The fraction of sp³-hybridized carbons (Fsp3) is 0.462. The maximum atomic E-state index is 14.2. The van der Waals surface area contributed by atoms with Crippen molar-refractivity contribution in [2.45, 2.75) is 32.9 Å². The number of carbonyl (C=O) groups is 1. The molecule has 1 heterocycles. The molecule has 104 valence electrons. The summed E-state index contributed by atoms with van der Waals surface area (Å²) >= 11 is 0. The Morgan fingerprint density at radius 1 is 1.37 bits per heavy atom. The maximum absolute atomic E-state index is 14.2. The highest BCUT2D eigenvalue weighted by molar-refractivity contribution is 5.94. The maximum Gasteiger partial charge on any atom is 0.268 e. The van der Waals surface area contributed by atoms with Crippen LogP contribution < -0.4 is 15.6 Å². The number of rotatable bonds is 2. The van der Waals surface area contributed by atoms with Crippen molar-refractivity contribution < 1.29 is 18.7 Å². The number of carbonyl (C=O) groups excluding carboxylic acids is 1. The van der Waals surface area contributed by atoms with Crippen LogP contribution in [0, 0.1) is 5.82 Å². The number of hydrogen-bond acceptors (Lipinski definition) is 4. The van der Waals surface area contributed by atoms with Gasteiger partial charge in [-0.25, -0.2) is 9.82 Å². The van der Waals surface area contributed by atoms with Crippen molar-refractivity contribution in [2.75, 3.05) is 6.79 Å². The lowest BCUT2D eigenvalue weighted by Gasteiger charge is -2.22. The third-order valence-corrected chi connectivity index (χ3v) is 2.54. The van der Waals surface area contributed by atoms with Gasteiger partial charge < -0.3 is 9.47 Å². The van der Waals surface area contributed by atoms with Gasteiger partial charge in [-0.05, 0) is 32.9 Å². The van der Waals surface area contributed by atoms with Gasteiger partial charge in [-0.1, -0.05) is 0 Å². The number of benzene rings is 1. The van der Waals surface area contributed by atoms with E-state index in [1.54, 1.807) is 6.07 Å². The molecule has 0 unspecified atom stereocenters. The van der Waals surface area contributed by atoms with Crippen molar-refractivity contribution in [3.8, 4) is 5.75 Å². The molecule has 1 aliphatic heterocycles. The Balaban J connectivity index is 2.19. The second kappa shape index (κ2) is 5.14. The fourth-order valence-electron chi connectivity index (χ4n) is 1.61. The van der Waals surface area contributed by atoms with E-state index in [0.29, 0.717) is 5.75 Å². The average molecular weight is 268 g/mol. The van der Waals surface area contributed by atoms with Gasteiger partial charge in [-0.15, -0.1) is 0 Å². The summed E-state index contributed by atoms with van der Waals surface area (Å²) in [6.45, 7) is 5.87. The summed E-state index contributed by atoms with van der Waals surface area (Å²) in [5.74, 6) is -0.713. The van der Waals surface area contributed by atoms with Crippen molar-refractivity contribution in [1.82, 2.24) is 10.9 Å². The second-order valence-corrected chi connectivity index (χ2v) is 5.34. The molecule has 19 heavy (non-hydrogen) atoms. The van der Waals surface area contributed by atoms with Crippen LogP contribution in [0.1, 0.15) is 36.7 Å². The lowest BCUT2D eigenvalue weighted by molar-refractivity contribution is -0.0183. The van der Waals surface area contributed by atoms with Crippen LogP contribution in [0.25, 0.3) is 0 Å². The zero-order valence-corrected chi connectivity index (χ0v) is 11.2. The van der Waals surface area contributed by atoms with E-state index in [4.69, 9.17) is 9.47 Å². The van der Waals surface area contributed by atoms with E-state index in [1.807, 2.05) is 20.8 Å². The van der Waals surface area contributed by atoms with Crippen LogP contribution in [-0.4, -0.2) is 18.2 Å². The first-order valence-corrected chi connectivity index (χ1v) is 5.98. The topological polar surface area (TPSA) is 59.6 Å². The van der Waals surface area contributed by atoms with Gasteiger partial charge in [0.2, 0.25) is 0 Å². The Morgan fingerprint density at radius 3 is 2.79 bits per heavy atom. The normalized spacial score (nSPS) is 14.5. The number of ether oxygens (including phenoxy) is 2. The SMILES string of the molecule is CC(C)(C)NNC(=O)c1ccc2c(c1F)COCO2. The molecule has 0 spiro atoms. The summed E-state index contributed by atoms with van der Waals surface area (Å²) in [6, 6.07) is 2.98. The van der Waals surface area contributed by atoms with E-state index in [1.165, 1.54) is 6.07 Å². The lowest BCUT2D eigenvalue weighted by Crippen LogP contribution is -2.49. The van der Waals surface area contributed by atoms with Gasteiger partial charge in [0.15, 0.2) is 6.79 Å². The third-order valence-electron chi connectivity index (χ3n) is 2.54. The quantitative estimate of drug-likeness (QED) is 0.802. The molecule has 0 fully saturated rings. The van der Waals surface area contributed by atoms with Crippen LogP contribution in [0.15, 0.2) is 12.1 Å². The van der Waals surface area contributed by atoms with Crippen molar-refractivity contribution in [2.24, 2.45) is 0 Å². The molecule has 0 atom stereocenters. The molecule has 1 aromatic carbocycles. The molecule has 1 aliphatic rings. The standard InChI is InChI=1S/C13H17FN2O3/c1-13(2,3)16-15-12(17)8-4-5-10-9(11(8)14)6-18-7-19-10/h4-5,16H,6-7H2,1-3H3,(H,15,17). The van der Waals surface area contributed by atoms with Crippen molar-refractivity contribution >= 4 is 5.91 Å². The summed E-state index contributed by atoms with van der Waals surface area (Å²) in [6.07, 6.45) is 0. The van der Waals surface area contributed by atoms with Gasteiger partial charge in [0.25, 0.3) is 5.91 Å². The van der Waals surface area contributed by atoms with Gasteiger partial charge >= 0.3 is 0 Å². The molecule has 2 N–H and O–H groups in total. The molecule has 0 saturated carbocycles. The summed E-state index contributed by atoms with van der Waals surface area (Å²) in [5.41, 5.74) is 5.21. The molecule has 0 aliphatic carbocycles. The Bertz CT molecular complexity index is 497. The Labute approximate surface area is 111 Å². The van der Waals surface area contributed by atoms with Crippen LogP contribution in [0.2, 0.25) is 0 Å². The molecule has 0 bridgehead atoms. The minimum Gasteiger partial charge on any atom is -0.467 e. The van der Waals surface area contributed by atoms with Gasteiger partial charge in [0, 0.05) is 5.54 Å². The number of hydrogen-bond donors (Lipinski definition) is 2. The predicted molar refractivity (Wildman–Crippen MR) is 67.0 cm³/mol. The summed E-state index contributed by atoms with van der Waals surface area (Å²) in [4.78, 5) is 11.9. The fourth-order valence-corrected chi connectivity index (χ4v) is 1.61. The first kappa shape index (κ1) is 13.8. The molecular weight excluding hydrogens is 251 g/mol. The number of halogens is 1. The van der Waals surface area contributed by atoms with Crippen LogP contribution in [-0.2, 0) is 11.3 Å². The number of nitrogens with one attached hydrogen (secondary N) is 2. The van der Waals surface area contributed by atoms with E-state index in [0.717, 1.165) is 0 Å². The Hall–Kier alpha value is -1.66. The molecule has 2 rings (SSSR count). The van der Waals surface area contributed by atoms with E-state index < -0.39 is 11.7 Å². The number of hydrazine groups is 1. The second-order valence-electron chi connectivity index (χ2n) is 5.34. The highest BCUT2D eigenvalue weighted by Crippen LogP contribution is 2.28. The van der Waals surface area contributed by atoms with Gasteiger partial charge in [-0.3, -0.25) is 10.2 Å². The van der Waals surface area contributed by atoms with Gasteiger partial charge in [0.1, 0.15) is 11.6 Å². The first-order chi connectivity index (χ1) is 8.88. The third kappa shape index (κ3) is 3.21. The monoisotopic (exact) mass is 268 g/mol. The largest absolute Gasteiger partial charge is 0.467 e. The molecule has 5 nitrogen and oxygen atoms in total. The minimum atomic E-state index is -0.606. The van der Waals surface area contributed by atoms with Crippen LogP contribution in [0.5, 0.6) is 5.75 Å². The van der Waals surface area contributed by atoms with Crippen molar-refractivity contribution in [3.63, 3.8) is 0 Å². The molecular formula is C13H17FN2O3. The first-order valence-electron chi connectivity index (χ1n) is 5.98. The molecule has 1 aromatic rings.